The molecule has 0 fully saturated rings. The molecule has 1 heterocycles. The summed E-state index contributed by atoms with van der Waals surface area (Å²) >= 11 is 1.66. The molecule has 0 unspecified atom stereocenters. The predicted octanol–water partition coefficient (Wildman–Crippen LogP) is 4.08. The van der Waals surface area contributed by atoms with Crippen molar-refractivity contribution in [2.75, 3.05) is 0 Å². The lowest BCUT2D eigenvalue weighted by atomic mass is 10.1. The highest BCUT2D eigenvalue weighted by molar-refractivity contribution is 7.17. The zero-order valence-corrected chi connectivity index (χ0v) is 11.6. The summed E-state index contributed by atoms with van der Waals surface area (Å²) in [4.78, 5) is 0. The lowest BCUT2D eigenvalue weighted by molar-refractivity contribution is 0.292. The number of ether oxygens (including phenoxy) is 1. The second kappa shape index (κ2) is 5.61. The third-order valence-electron chi connectivity index (χ3n) is 3.17. The summed E-state index contributed by atoms with van der Waals surface area (Å²) < 4.78 is 20.3. The Balaban J connectivity index is 1.86. The van der Waals surface area contributed by atoms with E-state index in [9.17, 15) is 4.39 Å². The summed E-state index contributed by atoms with van der Waals surface area (Å²) in [5, 5.41) is 3.18. The quantitative estimate of drug-likeness (QED) is 0.784. The van der Waals surface area contributed by atoms with Crippen LogP contribution in [0.25, 0.3) is 10.1 Å². The van der Waals surface area contributed by atoms with E-state index >= 15 is 0 Å². The molecule has 0 saturated carbocycles. The van der Waals surface area contributed by atoms with Gasteiger partial charge < -0.3 is 10.5 Å². The number of halogens is 1. The van der Waals surface area contributed by atoms with Crippen molar-refractivity contribution in [1.82, 2.24) is 0 Å². The number of hydrogen-bond donors (Lipinski definition) is 1. The van der Waals surface area contributed by atoms with Crippen molar-refractivity contribution in [3.63, 3.8) is 0 Å². The van der Waals surface area contributed by atoms with Gasteiger partial charge in [0.25, 0.3) is 0 Å². The molecular formula is C16H14FNOS. The first-order chi connectivity index (χ1) is 9.78. The molecule has 0 aliphatic heterocycles. The van der Waals surface area contributed by atoms with Gasteiger partial charge in [0.2, 0.25) is 0 Å². The molecule has 3 rings (SSSR count). The first kappa shape index (κ1) is 13.1. The highest BCUT2D eigenvalue weighted by atomic mass is 32.1. The minimum atomic E-state index is -0.338. The van der Waals surface area contributed by atoms with Crippen molar-refractivity contribution in [3.8, 4) is 5.75 Å². The molecule has 0 aliphatic rings. The normalized spacial score (nSPS) is 10.9. The molecule has 0 aliphatic carbocycles. The molecule has 0 amide bonds. The van der Waals surface area contributed by atoms with Crippen molar-refractivity contribution < 1.29 is 9.13 Å². The van der Waals surface area contributed by atoms with Gasteiger partial charge in [-0.25, -0.2) is 4.39 Å². The molecule has 0 spiro atoms. The summed E-state index contributed by atoms with van der Waals surface area (Å²) in [6, 6.07) is 12.6. The summed E-state index contributed by atoms with van der Waals surface area (Å²) in [6.07, 6.45) is 0. The molecule has 2 N–H and O–H groups in total. The van der Waals surface area contributed by atoms with Crippen LogP contribution in [0.15, 0.2) is 47.8 Å². The maximum absolute atomic E-state index is 13.5. The van der Waals surface area contributed by atoms with E-state index < -0.39 is 0 Å². The molecule has 102 valence electrons. The molecule has 2 aromatic carbocycles. The number of nitrogens with two attached hydrogens (primary N) is 1. The number of thiophene rings is 1. The molecular weight excluding hydrogens is 273 g/mol. The smallest absolute Gasteiger partial charge is 0.165 e. The highest BCUT2D eigenvalue weighted by Gasteiger charge is 2.07. The van der Waals surface area contributed by atoms with Crippen molar-refractivity contribution in [3.05, 3.63) is 64.8 Å². The van der Waals surface area contributed by atoms with Crippen LogP contribution in [0.4, 0.5) is 4.39 Å². The number of rotatable bonds is 4. The van der Waals surface area contributed by atoms with Gasteiger partial charge in [0, 0.05) is 16.8 Å². The van der Waals surface area contributed by atoms with E-state index in [0.717, 1.165) is 16.5 Å². The maximum atomic E-state index is 13.5. The van der Waals surface area contributed by atoms with Crippen LogP contribution >= 0.6 is 11.3 Å². The van der Waals surface area contributed by atoms with Crippen LogP contribution < -0.4 is 10.5 Å². The molecule has 0 atom stereocenters. The molecule has 4 heteroatoms. The van der Waals surface area contributed by atoms with E-state index in [1.54, 1.807) is 29.5 Å². The van der Waals surface area contributed by atoms with Crippen LogP contribution in [-0.2, 0) is 13.2 Å². The molecule has 0 radical (unpaired) electrons. The van der Waals surface area contributed by atoms with Gasteiger partial charge in [-0.05, 0) is 40.6 Å². The average molecular weight is 287 g/mol. The Morgan fingerprint density at radius 2 is 2.00 bits per heavy atom. The van der Waals surface area contributed by atoms with Gasteiger partial charge in [0.1, 0.15) is 6.61 Å². The van der Waals surface area contributed by atoms with Gasteiger partial charge in [-0.3, -0.25) is 0 Å². The summed E-state index contributed by atoms with van der Waals surface area (Å²) in [5.74, 6) is -0.0588. The summed E-state index contributed by atoms with van der Waals surface area (Å²) in [5.41, 5.74) is 7.81. The van der Waals surface area contributed by atoms with Crippen molar-refractivity contribution in [2.24, 2.45) is 5.73 Å². The first-order valence-electron chi connectivity index (χ1n) is 6.34. The van der Waals surface area contributed by atoms with E-state index in [2.05, 4.69) is 12.1 Å². The predicted molar refractivity (Wildman–Crippen MR) is 80.4 cm³/mol. The second-order valence-corrected chi connectivity index (χ2v) is 5.43. The van der Waals surface area contributed by atoms with Gasteiger partial charge in [0.05, 0.1) is 0 Å². The van der Waals surface area contributed by atoms with Crippen molar-refractivity contribution in [1.29, 1.82) is 0 Å². The van der Waals surface area contributed by atoms with Gasteiger partial charge >= 0.3 is 0 Å². The fourth-order valence-corrected chi connectivity index (χ4v) is 3.01. The standard InChI is InChI=1S/C16H14FNOS/c17-14-3-1-2-4-15(14)19-9-12-10-20-16-6-5-11(8-18)7-13(12)16/h1-7,10H,8-9,18H2. The van der Waals surface area contributed by atoms with Crippen LogP contribution in [0.3, 0.4) is 0 Å². The highest BCUT2D eigenvalue weighted by Crippen LogP contribution is 2.28. The van der Waals surface area contributed by atoms with Crippen molar-refractivity contribution >= 4 is 21.4 Å². The molecule has 0 bridgehead atoms. The van der Waals surface area contributed by atoms with Crippen LogP contribution in [0.1, 0.15) is 11.1 Å². The van der Waals surface area contributed by atoms with Crippen LogP contribution in [0, 0.1) is 5.82 Å². The van der Waals surface area contributed by atoms with Crippen LogP contribution in [0.5, 0.6) is 5.75 Å². The van der Waals surface area contributed by atoms with E-state index in [-0.39, 0.29) is 11.6 Å². The minimum Gasteiger partial charge on any atom is -0.486 e. The zero-order valence-electron chi connectivity index (χ0n) is 10.8. The number of para-hydroxylation sites is 1. The maximum Gasteiger partial charge on any atom is 0.165 e. The van der Waals surface area contributed by atoms with Gasteiger partial charge in [-0.2, -0.15) is 0 Å². The SMILES string of the molecule is NCc1ccc2scc(COc3ccccc3F)c2c1. The van der Waals surface area contributed by atoms with E-state index in [4.69, 9.17) is 10.5 Å². The molecule has 1 aromatic heterocycles. The third-order valence-corrected chi connectivity index (χ3v) is 4.19. The fourth-order valence-electron chi connectivity index (χ4n) is 2.08. The lowest BCUT2D eigenvalue weighted by Crippen LogP contribution is -1.98. The molecule has 20 heavy (non-hydrogen) atoms. The van der Waals surface area contributed by atoms with Crippen molar-refractivity contribution in [2.45, 2.75) is 13.2 Å². The number of hydrogen-bond acceptors (Lipinski definition) is 3. The lowest BCUT2D eigenvalue weighted by Gasteiger charge is -2.06. The van der Waals surface area contributed by atoms with E-state index in [1.165, 1.54) is 10.8 Å². The summed E-state index contributed by atoms with van der Waals surface area (Å²) in [6.45, 7) is 0.869. The minimum absolute atomic E-state index is 0.279. The fraction of sp³-hybridized carbons (Fsp3) is 0.125. The number of benzene rings is 2. The average Bonchev–Trinajstić information content (AvgIpc) is 2.88. The van der Waals surface area contributed by atoms with Crippen LogP contribution in [0.2, 0.25) is 0 Å². The largest absolute Gasteiger partial charge is 0.486 e. The third kappa shape index (κ3) is 2.53. The molecule has 2 nitrogen and oxygen atoms in total. The van der Waals surface area contributed by atoms with Gasteiger partial charge in [-0.1, -0.05) is 18.2 Å². The van der Waals surface area contributed by atoms with Gasteiger partial charge in [0.15, 0.2) is 11.6 Å². The Morgan fingerprint density at radius 1 is 1.15 bits per heavy atom. The molecule has 3 aromatic rings. The van der Waals surface area contributed by atoms with E-state index in [1.807, 2.05) is 11.4 Å². The Kier molecular flexibility index (Phi) is 3.67. The van der Waals surface area contributed by atoms with Crippen LogP contribution in [-0.4, -0.2) is 0 Å². The summed E-state index contributed by atoms with van der Waals surface area (Å²) in [7, 11) is 0. The Labute approximate surface area is 120 Å². The Hall–Kier alpha value is -1.91. The van der Waals surface area contributed by atoms with Gasteiger partial charge in [-0.15, -0.1) is 11.3 Å². The first-order valence-corrected chi connectivity index (χ1v) is 7.22. The topological polar surface area (TPSA) is 35.2 Å². The monoisotopic (exact) mass is 287 g/mol. The van der Waals surface area contributed by atoms with E-state index in [0.29, 0.717) is 13.2 Å². The Morgan fingerprint density at radius 3 is 2.80 bits per heavy atom. The molecule has 0 saturated heterocycles. The Bertz CT molecular complexity index is 738. The second-order valence-electron chi connectivity index (χ2n) is 4.51. The number of fused-ring (bicyclic) bond motifs is 1. The zero-order chi connectivity index (χ0) is 13.9.